The summed E-state index contributed by atoms with van der Waals surface area (Å²) in [5.41, 5.74) is 6.25. The number of aromatic nitrogens is 1. The molecule has 0 fully saturated rings. The van der Waals surface area contributed by atoms with Crippen molar-refractivity contribution in [1.82, 2.24) is 10.3 Å². The highest BCUT2D eigenvalue weighted by Crippen LogP contribution is 2.40. The lowest BCUT2D eigenvalue weighted by atomic mass is 9.77. The fourth-order valence-corrected chi connectivity index (χ4v) is 4.02. The first-order valence-corrected chi connectivity index (χ1v) is 7.76. The van der Waals surface area contributed by atoms with Gasteiger partial charge in [0.05, 0.1) is 11.3 Å². The Bertz CT molecular complexity index is 702. The summed E-state index contributed by atoms with van der Waals surface area (Å²) in [7, 11) is 1.79. The largest absolute Gasteiger partial charge is 0.416 e. The number of halogens is 4. The molecular weight excluding hydrogens is 391 g/mol. The molecule has 0 spiro atoms. The van der Waals surface area contributed by atoms with Crippen molar-refractivity contribution < 1.29 is 13.2 Å². The zero-order valence-electron chi connectivity index (χ0n) is 12.4. The highest BCUT2D eigenvalue weighted by Gasteiger charge is 2.38. The van der Waals surface area contributed by atoms with Crippen LogP contribution in [0.25, 0.3) is 0 Å². The van der Waals surface area contributed by atoms with Crippen LogP contribution in [0.5, 0.6) is 0 Å². The Morgan fingerprint density at radius 2 is 2.09 bits per heavy atom. The number of hydrogen-bond donors (Lipinski definition) is 2. The molecule has 0 bridgehead atoms. The van der Waals surface area contributed by atoms with E-state index in [0.717, 1.165) is 16.6 Å². The number of aryl methyl sites for hydroxylation is 1. The molecule has 1 unspecified atom stereocenters. The molecule has 3 rings (SSSR count). The van der Waals surface area contributed by atoms with Crippen LogP contribution in [0.1, 0.15) is 28.1 Å². The van der Waals surface area contributed by atoms with Crippen molar-refractivity contribution in [2.45, 2.75) is 31.0 Å². The van der Waals surface area contributed by atoms with Gasteiger partial charge in [-0.3, -0.25) is 0 Å². The quantitative estimate of drug-likeness (QED) is 0.792. The van der Waals surface area contributed by atoms with Crippen LogP contribution < -0.4 is 11.1 Å². The predicted molar refractivity (Wildman–Crippen MR) is 91.1 cm³/mol. The number of benzene rings is 1. The topological polar surface area (TPSA) is 50.9 Å². The van der Waals surface area contributed by atoms with E-state index in [2.05, 4.69) is 10.3 Å². The van der Waals surface area contributed by atoms with Crippen LogP contribution in [-0.4, -0.2) is 12.0 Å². The van der Waals surface area contributed by atoms with Crippen molar-refractivity contribution in [3.05, 3.63) is 46.0 Å². The second-order valence-electron chi connectivity index (χ2n) is 5.51. The normalized spacial score (nSPS) is 20.7. The molecule has 3 nitrogen and oxygen atoms in total. The van der Waals surface area contributed by atoms with Crippen LogP contribution in [0.4, 0.5) is 18.3 Å². The van der Waals surface area contributed by atoms with Gasteiger partial charge in [-0.25, -0.2) is 4.98 Å². The van der Waals surface area contributed by atoms with Gasteiger partial charge in [0.15, 0.2) is 5.13 Å². The van der Waals surface area contributed by atoms with E-state index < -0.39 is 17.3 Å². The van der Waals surface area contributed by atoms with Gasteiger partial charge in [0.1, 0.15) is 0 Å². The lowest BCUT2D eigenvalue weighted by Crippen LogP contribution is -2.44. The molecule has 0 saturated carbocycles. The van der Waals surface area contributed by atoms with Crippen molar-refractivity contribution in [1.29, 1.82) is 0 Å². The number of nitrogen functional groups attached to an aromatic ring is 1. The minimum absolute atomic E-state index is 0. The van der Waals surface area contributed by atoms with E-state index in [4.69, 9.17) is 5.73 Å². The van der Waals surface area contributed by atoms with Crippen LogP contribution >= 0.6 is 28.3 Å². The first-order valence-electron chi connectivity index (χ1n) is 6.95. The summed E-state index contributed by atoms with van der Waals surface area (Å²) in [5.74, 6) is 0. The standard InChI is InChI=1S/C15H16F3N3S.BrH/c1-20-14(6-5-11-12(8-14)22-13(19)21-11)9-3-2-4-10(7-9)15(16,17)18;/h2-4,7,20H,5-6,8H2,1H3,(H2,19,21);1H. The molecular formula is C15H17BrF3N3S. The summed E-state index contributed by atoms with van der Waals surface area (Å²) in [5, 5.41) is 3.75. The van der Waals surface area contributed by atoms with Crippen molar-refractivity contribution in [3.8, 4) is 0 Å². The van der Waals surface area contributed by atoms with Gasteiger partial charge in [0, 0.05) is 16.8 Å². The van der Waals surface area contributed by atoms with Crippen LogP contribution in [0.2, 0.25) is 0 Å². The smallest absolute Gasteiger partial charge is 0.375 e. The lowest BCUT2D eigenvalue weighted by molar-refractivity contribution is -0.137. The number of fused-ring (bicyclic) bond motifs is 1. The summed E-state index contributed by atoms with van der Waals surface area (Å²) in [4.78, 5) is 5.34. The van der Waals surface area contributed by atoms with E-state index >= 15 is 0 Å². The molecule has 1 aromatic heterocycles. The lowest BCUT2D eigenvalue weighted by Gasteiger charge is -2.37. The molecule has 1 aliphatic carbocycles. The van der Waals surface area contributed by atoms with Gasteiger partial charge >= 0.3 is 6.18 Å². The maximum Gasteiger partial charge on any atom is 0.416 e. The van der Waals surface area contributed by atoms with Crippen molar-refractivity contribution in [3.63, 3.8) is 0 Å². The maximum atomic E-state index is 13.0. The Hall–Kier alpha value is -1.12. The van der Waals surface area contributed by atoms with Gasteiger partial charge in [-0.1, -0.05) is 12.1 Å². The number of alkyl halides is 3. The molecule has 8 heteroatoms. The Kier molecular flexibility index (Phi) is 5.08. The second-order valence-corrected chi connectivity index (χ2v) is 6.62. The van der Waals surface area contributed by atoms with E-state index in [0.29, 0.717) is 30.0 Å². The number of thiazole rings is 1. The Balaban J connectivity index is 0.00000192. The van der Waals surface area contributed by atoms with E-state index in [1.165, 1.54) is 23.5 Å². The predicted octanol–water partition coefficient (Wildman–Crippen LogP) is 3.93. The third-order valence-corrected chi connectivity index (χ3v) is 5.19. The molecule has 3 N–H and O–H groups in total. The van der Waals surface area contributed by atoms with Crippen molar-refractivity contribution in [2.75, 3.05) is 12.8 Å². The fraction of sp³-hybridized carbons (Fsp3) is 0.400. The van der Waals surface area contributed by atoms with Crippen LogP contribution in [0.15, 0.2) is 24.3 Å². The molecule has 1 aromatic carbocycles. The SMILES string of the molecule is Br.CNC1(c2cccc(C(F)(F)F)c2)CCc2nc(N)sc2C1. The van der Waals surface area contributed by atoms with E-state index in [9.17, 15) is 13.2 Å². The van der Waals surface area contributed by atoms with Gasteiger partial charge in [0.25, 0.3) is 0 Å². The fourth-order valence-electron chi connectivity index (χ4n) is 3.03. The molecule has 0 amide bonds. The third-order valence-electron chi connectivity index (χ3n) is 4.27. The molecule has 1 aliphatic rings. The van der Waals surface area contributed by atoms with E-state index in [1.54, 1.807) is 13.1 Å². The monoisotopic (exact) mass is 407 g/mol. The number of hydrogen-bond acceptors (Lipinski definition) is 4. The minimum Gasteiger partial charge on any atom is -0.375 e. The molecule has 126 valence electrons. The van der Waals surface area contributed by atoms with Gasteiger partial charge in [-0.2, -0.15) is 13.2 Å². The van der Waals surface area contributed by atoms with Crippen LogP contribution in [0.3, 0.4) is 0 Å². The van der Waals surface area contributed by atoms with Gasteiger partial charge in [-0.05, 0) is 37.6 Å². The molecule has 0 radical (unpaired) electrons. The summed E-state index contributed by atoms with van der Waals surface area (Å²) >= 11 is 1.42. The Morgan fingerprint density at radius 1 is 1.35 bits per heavy atom. The number of nitrogens with zero attached hydrogens (tertiary/aromatic N) is 1. The van der Waals surface area contributed by atoms with Gasteiger partial charge in [-0.15, -0.1) is 28.3 Å². The average Bonchev–Trinajstić information content (AvgIpc) is 2.85. The number of likely N-dealkylation sites (N-methyl/N-ethyl adjacent to an activating group) is 1. The molecule has 0 saturated heterocycles. The van der Waals surface area contributed by atoms with Crippen LogP contribution in [0, 0.1) is 0 Å². The summed E-state index contributed by atoms with van der Waals surface area (Å²) in [6, 6.07) is 5.56. The zero-order chi connectivity index (χ0) is 16.0. The maximum absolute atomic E-state index is 13.0. The van der Waals surface area contributed by atoms with Gasteiger partial charge < -0.3 is 11.1 Å². The van der Waals surface area contributed by atoms with Gasteiger partial charge in [0.2, 0.25) is 0 Å². The summed E-state index contributed by atoms with van der Waals surface area (Å²) < 4.78 is 38.9. The first kappa shape index (κ1) is 18.2. The van der Waals surface area contributed by atoms with Crippen molar-refractivity contribution in [2.24, 2.45) is 0 Å². The number of nitrogens with one attached hydrogen (secondary N) is 1. The minimum atomic E-state index is -4.33. The molecule has 1 heterocycles. The highest BCUT2D eigenvalue weighted by atomic mass is 79.9. The van der Waals surface area contributed by atoms with Crippen LogP contribution in [-0.2, 0) is 24.6 Å². The van der Waals surface area contributed by atoms with E-state index in [-0.39, 0.29) is 17.0 Å². The summed E-state index contributed by atoms with van der Waals surface area (Å²) in [6.07, 6.45) is -2.32. The first-order chi connectivity index (χ1) is 10.3. The summed E-state index contributed by atoms with van der Waals surface area (Å²) in [6.45, 7) is 0. The molecule has 0 aliphatic heterocycles. The zero-order valence-corrected chi connectivity index (χ0v) is 14.9. The number of nitrogens with two attached hydrogens (primary N) is 1. The third kappa shape index (κ3) is 3.39. The number of anilines is 1. The second kappa shape index (κ2) is 6.41. The molecule has 1 atom stereocenters. The number of rotatable bonds is 2. The van der Waals surface area contributed by atoms with Crippen molar-refractivity contribution >= 4 is 33.4 Å². The Morgan fingerprint density at radius 3 is 2.74 bits per heavy atom. The Labute approximate surface area is 146 Å². The molecule has 2 aromatic rings. The average molecular weight is 408 g/mol. The van der Waals surface area contributed by atoms with E-state index in [1.807, 2.05) is 0 Å². The highest BCUT2D eigenvalue weighted by molar-refractivity contribution is 8.93. The molecule has 23 heavy (non-hydrogen) atoms.